The van der Waals surface area contributed by atoms with Gasteiger partial charge in [0.2, 0.25) is 5.91 Å². The number of rotatable bonds is 4. The molecule has 2 amide bonds. The Morgan fingerprint density at radius 2 is 2.26 bits per heavy atom. The minimum atomic E-state index is -0.265. The van der Waals surface area contributed by atoms with Gasteiger partial charge in [-0.05, 0) is 38.8 Å². The predicted molar refractivity (Wildman–Crippen MR) is 70.8 cm³/mol. The Bertz CT molecular complexity index is 314. The summed E-state index contributed by atoms with van der Waals surface area (Å²) in [6, 6.07) is 0. The Hall–Kier alpha value is -1.30. The first-order valence-corrected chi connectivity index (χ1v) is 7.17. The van der Waals surface area contributed by atoms with Gasteiger partial charge in [-0.15, -0.1) is 0 Å². The van der Waals surface area contributed by atoms with Gasteiger partial charge in [0.1, 0.15) is 0 Å². The maximum Gasteiger partial charge on any atom is 0.409 e. The van der Waals surface area contributed by atoms with E-state index >= 15 is 0 Å². The number of amides is 2. The van der Waals surface area contributed by atoms with Gasteiger partial charge >= 0.3 is 6.09 Å². The van der Waals surface area contributed by atoms with Gasteiger partial charge in [-0.25, -0.2) is 4.79 Å². The van der Waals surface area contributed by atoms with Gasteiger partial charge in [0, 0.05) is 25.6 Å². The van der Waals surface area contributed by atoms with E-state index in [4.69, 9.17) is 4.74 Å². The summed E-state index contributed by atoms with van der Waals surface area (Å²) in [4.78, 5) is 25.1. The molecule has 2 N–H and O–H groups in total. The van der Waals surface area contributed by atoms with Crippen molar-refractivity contribution < 1.29 is 14.3 Å². The van der Waals surface area contributed by atoms with Crippen LogP contribution in [0.1, 0.15) is 25.7 Å². The molecule has 0 unspecified atom stereocenters. The van der Waals surface area contributed by atoms with E-state index in [0.717, 1.165) is 45.3 Å². The molecular weight excluding hydrogens is 246 g/mol. The fraction of sp³-hybridized carbons (Fsp3) is 0.846. The molecule has 0 spiro atoms. The number of ether oxygens (including phenoxy) is 1. The number of carbonyl (C=O) groups excluding carboxylic acids is 2. The number of cyclic esters (lactones) is 1. The topological polar surface area (TPSA) is 70.7 Å². The third kappa shape index (κ3) is 4.38. The highest BCUT2D eigenvalue weighted by molar-refractivity contribution is 5.78. The lowest BCUT2D eigenvalue weighted by Gasteiger charge is -2.26. The average Bonchev–Trinajstić information content (AvgIpc) is 2.70. The molecule has 1 atom stereocenters. The van der Waals surface area contributed by atoms with E-state index in [2.05, 4.69) is 10.6 Å². The summed E-state index contributed by atoms with van der Waals surface area (Å²) in [5, 5.41) is 6.23. The van der Waals surface area contributed by atoms with Crippen molar-refractivity contribution in [2.45, 2.75) is 25.7 Å². The molecule has 2 aliphatic rings. The number of hydrogen-bond donors (Lipinski definition) is 2. The van der Waals surface area contributed by atoms with E-state index in [1.54, 1.807) is 4.90 Å². The maximum absolute atomic E-state index is 12.0. The highest BCUT2D eigenvalue weighted by atomic mass is 16.6. The third-order valence-electron chi connectivity index (χ3n) is 3.68. The normalized spacial score (nSPS) is 24.5. The average molecular weight is 269 g/mol. The van der Waals surface area contributed by atoms with E-state index in [9.17, 15) is 9.59 Å². The molecule has 0 aliphatic carbocycles. The van der Waals surface area contributed by atoms with E-state index in [1.165, 1.54) is 0 Å². The second-order valence-corrected chi connectivity index (χ2v) is 5.12. The Labute approximate surface area is 113 Å². The van der Waals surface area contributed by atoms with Crippen LogP contribution in [0.25, 0.3) is 0 Å². The van der Waals surface area contributed by atoms with Crippen molar-refractivity contribution in [3.63, 3.8) is 0 Å². The molecule has 0 aromatic carbocycles. The zero-order valence-electron chi connectivity index (χ0n) is 11.3. The molecule has 2 fully saturated rings. The fourth-order valence-corrected chi connectivity index (χ4v) is 2.54. The predicted octanol–water partition coefficient (Wildman–Crippen LogP) is 0.335. The van der Waals surface area contributed by atoms with Gasteiger partial charge in [-0.1, -0.05) is 0 Å². The van der Waals surface area contributed by atoms with Crippen LogP contribution in [0, 0.1) is 5.92 Å². The molecule has 0 radical (unpaired) electrons. The first-order chi connectivity index (χ1) is 9.27. The Balaban J connectivity index is 1.66. The van der Waals surface area contributed by atoms with Crippen molar-refractivity contribution in [2.75, 3.05) is 39.3 Å². The standard InChI is InChI=1S/C13H23N3O3/c17-12(11-3-1-5-14-6-4-11)15-7-9-16-8-2-10-19-13(16)18/h11,14H,1-10H2,(H,15,17)/t11-/m0/s1. The molecule has 2 saturated heterocycles. The summed E-state index contributed by atoms with van der Waals surface area (Å²) < 4.78 is 4.95. The van der Waals surface area contributed by atoms with Crippen molar-refractivity contribution in [3.8, 4) is 0 Å². The van der Waals surface area contributed by atoms with Gasteiger partial charge in [0.25, 0.3) is 0 Å². The van der Waals surface area contributed by atoms with Gasteiger partial charge in [0.15, 0.2) is 0 Å². The fourth-order valence-electron chi connectivity index (χ4n) is 2.54. The van der Waals surface area contributed by atoms with Crippen molar-refractivity contribution in [1.82, 2.24) is 15.5 Å². The number of carbonyl (C=O) groups is 2. The molecule has 0 aromatic heterocycles. The second-order valence-electron chi connectivity index (χ2n) is 5.12. The maximum atomic E-state index is 12.0. The molecule has 2 aliphatic heterocycles. The van der Waals surface area contributed by atoms with Crippen LogP contribution >= 0.6 is 0 Å². The van der Waals surface area contributed by atoms with Crippen LogP contribution in [0.5, 0.6) is 0 Å². The van der Waals surface area contributed by atoms with Crippen LogP contribution in [0.15, 0.2) is 0 Å². The van der Waals surface area contributed by atoms with E-state index in [-0.39, 0.29) is 17.9 Å². The highest BCUT2D eigenvalue weighted by Crippen LogP contribution is 2.13. The van der Waals surface area contributed by atoms with Gasteiger partial charge in [-0.2, -0.15) is 0 Å². The lowest BCUT2D eigenvalue weighted by molar-refractivity contribution is -0.125. The summed E-state index contributed by atoms with van der Waals surface area (Å²) in [5.41, 5.74) is 0. The quantitative estimate of drug-likeness (QED) is 0.772. The molecule has 19 heavy (non-hydrogen) atoms. The molecule has 2 heterocycles. The van der Waals surface area contributed by atoms with Crippen molar-refractivity contribution in [2.24, 2.45) is 5.92 Å². The molecular formula is C13H23N3O3. The van der Waals surface area contributed by atoms with Gasteiger partial charge < -0.3 is 20.3 Å². The molecule has 6 nitrogen and oxygen atoms in total. The van der Waals surface area contributed by atoms with Crippen LogP contribution in [0.2, 0.25) is 0 Å². The van der Waals surface area contributed by atoms with Gasteiger partial charge in [0.05, 0.1) is 6.61 Å². The molecule has 0 saturated carbocycles. The van der Waals surface area contributed by atoms with Crippen LogP contribution in [-0.2, 0) is 9.53 Å². The van der Waals surface area contributed by atoms with Gasteiger partial charge in [-0.3, -0.25) is 4.79 Å². The minimum absolute atomic E-state index is 0.114. The van der Waals surface area contributed by atoms with Crippen LogP contribution in [0.3, 0.4) is 0 Å². The van der Waals surface area contributed by atoms with Crippen molar-refractivity contribution in [3.05, 3.63) is 0 Å². The van der Waals surface area contributed by atoms with E-state index < -0.39 is 0 Å². The first kappa shape index (κ1) is 14.1. The van der Waals surface area contributed by atoms with E-state index in [1.807, 2.05) is 0 Å². The smallest absolute Gasteiger partial charge is 0.409 e. The second kappa shape index (κ2) is 7.33. The van der Waals surface area contributed by atoms with E-state index in [0.29, 0.717) is 19.7 Å². The summed E-state index contributed by atoms with van der Waals surface area (Å²) in [7, 11) is 0. The summed E-state index contributed by atoms with van der Waals surface area (Å²) in [6.45, 7) is 4.20. The zero-order chi connectivity index (χ0) is 13.5. The SMILES string of the molecule is O=C(NCCN1CCCOC1=O)[C@H]1CCCNCC1. The Kier molecular flexibility index (Phi) is 5.44. The number of hydrogen-bond acceptors (Lipinski definition) is 4. The molecule has 2 rings (SSSR count). The zero-order valence-corrected chi connectivity index (χ0v) is 11.3. The first-order valence-electron chi connectivity index (χ1n) is 7.17. The largest absolute Gasteiger partial charge is 0.449 e. The van der Waals surface area contributed by atoms with Crippen LogP contribution in [0.4, 0.5) is 4.79 Å². The summed E-state index contributed by atoms with van der Waals surface area (Å²) >= 11 is 0. The van der Waals surface area contributed by atoms with Crippen LogP contribution < -0.4 is 10.6 Å². The third-order valence-corrected chi connectivity index (χ3v) is 3.68. The van der Waals surface area contributed by atoms with Crippen LogP contribution in [-0.4, -0.2) is 56.2 Å². The summed E-state index contributed by atoms with van der Waals surface area (Å²) in [5.74, 6) is 0.234. The molecule has 0 aromatic rings. The van der Waals surface area contributed by atoms with Crippen molar-refractivity contribution >= 4 is 12.0 Å². The molecule has 108 valence electrons. The Morgan fingerprint density at radius 3 is 3.11 bits per heavy atom. The number of nitrogens with one attached hydrogen (secondary N) is 2. The lowest BCUT2D eigenvalue weighted by Crippen LogP contribution is -2.43. The monoisotopic (exact) mass is 269 g/mol. The molecule has 0 bridgehead atoms. The van der Waals surface area contributed by atoms with Crippen molar-refractivity contribution in [1.29, 1.82) is 0 Å². The Morgan fingerprint density at radius 1 is 1.37 bits per heavy atom. The summed E-state index contributed by atoms with van der Waals surface area (Å²) in [6.07, 6.45) is 3.51. The lowest BCUT2D eigenvalue weighted by atomic mass is 10.00. The molecule has 6 heteroatoms. The number of nitrogens with zero attached hydrogens (tertiary/aromatic N) is 1. The minimum Gasteiger partial charge on any atom is -0.449 e. The highest BCUT2D eigenvalue weighted by Gasteiger charge is 2.21.